The molecule has 6 heteroatoms. The van der Waals surface area contributed by atoms with Gasteiger partial charge in [0, 0.05) is 31.9 Å². The van der Waals surface area contributed by atoms with Crippen LogP contribution in [0.5, 0.6) is 0 Å². The first-order chi connectivity index (χ1) is 11.6. The number of aryl methyl sites for hydroxylation is 2. The molecule has 0 amide bonds. The SMILES string of the molecule is O=S(=O)(NC[C@H]1CCc2nccn2C1)C1=Cc2ccccc2CC1. The van der Waals surface area contributed by atoms with Crippen molar-refractivity contribution >= 4 is 16.1 Å². The Morgan fingerprint density at radius 2 is 2.08 bits per heavy atom. The van der Waals surface area contributed by atoms with E-state index >= 15 is 0 Å². The number of hydrogen-bond donors (Lipinski definition) is 1. The zero-order valence-electron chi connectivity index (χ0n) is 13.5. The molecule has 126 valence electrons. The third-order valence-corrected chi connectivity index (χ3v) is 6.51. The maximum absolute atomic E-state index is 12.6. The standard InChI is InChI=1S/C18H21N3O2S/c22-24(23,17-7-6-15-3-1-2-4-16(15)11-17)20-12-14-5-8-18-19-9-10-21(18)13-14/h1-4,9-11,14,20H,5-8,12-13H2/t14-/m1/s1. The molecule has 0 bridgehead atoms. The van der Waals surface area contributed by atoms with Crippen LogP contribution in [0.25, 0.3) is 6.08 Å². The molecule has 0 spiro atoms. The minimum atomic E-state index is -3.40. The molecule has 1 aliphatic carbocycles. The fourth-order valence-electron chi connectivity index (χ4n) is 3.54. The molecule has 0 fully saturated rings. The van der Waals surface area contributed by atoms with E-state index in [9.17, 15) is 8.42 Å². The van der Waals surface area contributed by atoms with Gasteiger partial charge in [-0.1, -0.05) is 24.3 Å². The number of nitrogens with zero attached hydrogens (tertiary/aromatic N) is 2. The second-order valence-electron chi connectivity index (χ2n) is 6.56. The van der Waals surface area contributed by atoms with Crippen LogP contribution in [0.3, 0.4) is 0 Å². The van der Waals surface area contributed by atoms with Crippen molar-refractivity contribution in [3.63, 3.8) is 0 Å². The lowest BCUT2D eigenvalue weighted by molar-refractivity contribution is 0.364. The van der Waals surface area contributed by atoms with Crippen LogP contribution < -0.4 is 4.72 Å². The molecule has 0 saturated carbocycles. The molecular formula is C18H21N3O2S. The van der Waals surface area contributed by atoms with Crippen LogP contribution in [0.1, 0.15) is 29.8 Å². The average Bonchev–Trinajstić information content (AvgIpc) is 3.07. The predicted octanol–water partition coefficient (Wildman–Crippen LogP) is 2.35. The first kappa shape index (κ1) is 15.6. The molecule has 24 heavy (non-hydrogen) atoms. The van der Waals surface area contributed by atoms with E-state index in [-0.39, 0.29) is 0 Å². The Balaban J connectivity index is 1.44. The summed E-state index contributed by atoms with van der Waals surface area (Å²) in [6.45, 7) is 1.32. The van der Waals surface area contributed by atoms with Crippen molar-refractivity contribution in [3.05, 3.63) is 58.5 Å². The fraction of sp³-hybridized carbons (Fsp3) is 0.389. The van der Waals surface area contributed by atoms with Gasteiger partial charge in [0.25, 0.3) is 0 Å². The molecule has 0 unspecified atom stereocenters. The van der Waals surface area contributed by atoms with Crippen molar-refractivity contribution in [2.75, 3.05) is 6.54 Å². The Hall–Kier alpha value is -1.92. The van der Waals surface area contributed by atoms with E-state index in [1.54, 1.807) is 0 Å². The highest BCUT2D eigenvalue weighted by Crippen LogP contribution is 2.27. The van der Waals surface area contributed by atoms with Crippen LogP contribution in [0, 0.1) is 5.92 Å². The van der Waals surface area contributed by atoms with Gasteiger partial charge in [0.1, 0.15) is 5.82 Å². The van der Waals surface area contributed by atoms with Gasteiger partial charge in [-0.25, -0.2) is 18.1 Å². The van der Waals surface area contributed by atoms with Crippen LogP contribution in [-0.2, 0) is 29.4 Å². The Kier molecular flexibility index (Phi) is 4.02. The van der Waals surface area contributed by atoms with Crippen molar-refractivity contribution in [3.8, 4) is 0 Å². The lowest BCUT2D eigenvalue weighted by Crippen LogP contribution is -2.34. The number of hydrogen-bond acceptors (Lipinski definition) is 3. The summed E-state index contributed by atoms with van der Waals surface area (Å²) in [5, 5.41) is 0. The maximum Gasteiger partial charge on any atom is 0.236 e. The van der Waals surface area contributed by atoms with Gasteiger partial charge in [-0.2, -0.15) is 0 Å². The van der Waals surface area contributed by atoms with Crippen LogP contribution in [0.2, 0.25) is 0 Å². The van der Waals surface area contributed by atoms with Crippen molar-refractivity contribution in [1.82, 2.24) is 14.3 Å². The average molecular weight is 343 g/mol. The van der Waals surface area contributed by atoms with E-state index in [2.05, 4.69) is 20.3 Å². The van der Waals surface area contributed by atoms with Gasteiger partial charge >= 0.3 is 0 Å². The van der Waals surface area contributed by atoms with Gasteiger partial charge in [0.15, 0.2) is 0 Å². The predicted molar refractivity (Wildman–Crippen MR) is 93.7 cm³/mol. The van der Waals surface area contributed by atoms with Crippen LogP contribution >= 0.6 is 0 Å². The molecular weight excluding hydrogens is 322 g/mol. The topological polar surface area (TPSA) is 64.0 Å². The van der Waals surface area contributed by atoms with Crippen molar-refractivity contribution in [2.24, 2.45) is 5.92 Å². The summed E-state index contributed by atoms with van der Waals surface area (Å²) in [6, 6.07) is 7.99. The van der Waals surface area contributed by atoms with Crippen LogP contribution in [0.4, 0.5) is 0 Å². The number of fused-ring (bicyclic) bond motifs is 2. The number of sulfonamides is 1. The smallest absolute Gasteiger partial charge is 0.236 e. The first-order valence-electron chi connectivity index (χ1n) is 8.40. The summed E-state index contributed by atoms with van der Waals surface area (Å²) >= 11 is 0. The Labute approximate surface area is 142 Å². The van der Waals surface area contributed by atoms with Gasteiger partial charge in [-0.15, -0.1) is 0 Å². The summed E-state index contributed by atoms with van der Waals surface area (Å²) in [7, 11) is -3.40. The molecule has 2 aromatic rings. The van der Waals surface area contributed by atoms with E-state index in [0.29, 0.717) is 23.8 Å². The minimum Gasteiger partial charge on any atom is -0.335 e. The summed E-state index contributed by atoms with van der Waals surface area (Å²) in [5.74, 6) is 1.42. The van der Waals surface area contributed by atoms with Crippen molar-refractivity contribution in [2.45, 2.75) is 32.2 Å². The van der Waals surface area contributed by atoms with Gasteiger partial charge in [-0.3, -0.25) is 0 Å². The van der Waals surface area contributed by atoms with E-state index in [4.69, 9.17) is 0 Å². The van der Waals surface area contributed by atoms with Gasteiger partial charge in [0.05, 0.1) is 4.91 Å². The normalized spacial score (nSPS) is 20.2. The second-order valence-corrected chi connectivity index (χ2v) is 8.38. The molecule has 1 N–H and O–H groups in total. The highest BCUT2D eigenvalue weighted by molar-refractivity contribution is 7.93. The van der Waals surface area contributed by atoms with Gasteiger partial charge in [0.2, 0.25) is 10.0 Å². The van der Waals surface area contributed by atoms with Gasteiger partial charge in [-0.05, 0) is 42.4 Å². The number of allylic oxidation sites excluding steroid dienone is 1. The molecule has 2 aliphatic rings. The highest BCUT2D eigenvalue weighted by atomic mass is 32.2. The third-order valence-electron chi connectivity index (χ3n) is 4.95. The number of aromatic nitrogens is 2. The first-order valence-corrected chi connectivity index (χ1v) is 9.88. The maximum atomic E-state index is 12.6. The molecule has 5 nitrogen and oxygen atoms in total. The Morgan fingerprint density at radius 3 is 3.00 bits per heavy atom. The summed E-state index contributed by atoms with van der Waals surface area (Å²) in [5.41, 5.74) is 2.24. The molecule has 1 aliphatic heterocycles. The molecule has 1 atom stereocenters. The molecule has 1 aromatic carbocycles. The molecule has 0 saturated heterocycles. The lowest BCUT2D eigenvalue weighted by Gasteiger charge is -2.24. The van der Waals surface area contributed by atoms with Crippen molar-refractivity contribution < 1.29 is 8.42 Å². The Morgan fingerprint density at radius 1 is 1.21 bits per heavy atom. The number of rotatable bonds is 4. The number of imidazole rings is 1. The third kappa shape index (κ3) is 3.03. The molecule has 0 radical (unpaired) electrons. The monoisotopic (exact) mass is 343 g/mol. The molecule has 1 aromatic heterocycles. The largest absolute Gasteiger partial charge is 0.335 e. The second kappa shape index (κ2) is 6.18. The summed E-state index contributed by atoms with van der Waals surface area (Å²) in [4.78, 5) is 4.81. The van der Waals surface area contributed by atoms with E-state index in [1.807, 2.05) is 36.7 Å². The van der Waals surface area contributed by atoms with Crippen LogP contribution in [0.15, 0.2) is 41.6 Å². The minimum absolute atomic E-state index is 0.318. The highest BCUT2D eigenvalue weighted by Gasteiger charge is 2.24. The zero-order valence-corrected chi connectivity index (χ0v) is 14.3. The summed E-state index contributed by atoms with van der Waals surface area (Å²) in [6.07, 6.45) is 8.84. The lowest BCUT2D eigenvalue weighted by atomic mass is 9.98. The van der Waals surface area contributed by atoms with E-state index < -0.39 is 10.0 Å². The van der Waals surface area contributed by atoms with Gasteiger partial charge < -0.3 is 4.57 Å². The number of benzene rings is 1. The van der Waals surface area contributed by atoms with Crippen LogP contribution in [-0.4, -0.2) is 24.5 Å². The molecule has 2 heterocycles. The zero-order chi connectivity index (χ0) is 16.6. The molecule has 4 rings (SSSR count). The van der Waals surface area contributed by atoms with E-state index in [0.717, 1.165) is 37.2 Å². The quantitative estimate of drug-likeness (QED) is 0.927. The Bertz CT molecular complexity index is 883. The van der Waals surface area contributed by atoms with Crippen molar-refractivity contribution in [1.29, 1.82) is 0 Å². The number of nitrogens with one attached hydrogen (secondary N) is 1. The van der Waals surface area contributed by atoms with E-state index in [1.165, 1.54) is 5.56 Å². The fourth-order valence-corrected chi connectivity index (χ4v) is 4.84. The summed E-state index contributed by atoms with van der Waals surface area (Å²) < 4.78 is 30.2.